The molecule has 3 aliphatic rings. The summed E-state index contributed by atoms with van der Waals surface area (Å²) in [4.78, 5) is 73.2. The van der Waals surface area contributed by atoms with Crippen LogP contribution in [0.3, 0.4) is 0 Å². The van der Waals surface area contributed by atoms with Gasteiger partial charge in [0.25, 0.3) is 17.4 Å². The first-order valence-electron chi connectivity index (χ1n) is 19.4. The van der Waals surface area contributed by atoms with Crippen LogP contribution in [-0.2, 0) is 23.2 Å². The van der Waals surface area contributed by atoms with E-state index in [1.165, 1.54) is 12.1 Å². The van der Waals surface area contributed by atoms with Crippen LogP contribution in [0.25, 0.3) is 21.9 Å². The Labute approximate surface area is 339 Å². The summed E-state index contributed by atoms with van der Waals surface area (Å²) in [7, 11) is 8.86. The average Bonchev–Trinajstić information content (AvgIpc) is 3.82. The summed E-state index contributed by atoms with van der Waals surface area (Å²) in [5, 5.41) is 12.4. The highest BCUT2D eigenvalue weighted by Gasteiger charge is 2.44. The second-order valence-electron chi connectivity index (χ2n) is 15.3. The Bertz CT molecular complexity index is 2550. The van der Waals surface area contributed by atoms with Gasteiger partial charge in [0.1, 0.15) is 40.9 Å². The molecular formula is C42H45N9O8. The summed E-state index contributed by atoms with van der Waals surface area (Å²) in [6, 6.07) is 9.62. The Morgan fingerprint density at radius 1 is 0.881 bits per heavy atom. The number of imide groups is 2. The van der Waals surface area contributed by atoms with E-state index >= 15 is 0 Å². The van der Waals surface area contributed by atoms with Crippen LogP contribution in [-0.4, -0.2) is 105 Å². The van der Waals surface area contributed by atoms with Gasteiger partial charge in [-0.05, 0) is 68.1 Å². The summed E-state index contributed by atoms with van der Waals surface area (Å²) in [6.45, 7) is 4.03. The van der Waals surface area contributed by atoms with Gasteiger partial charge in [-0.1, -0.05) is 5.21 Å². The minimum absolute atomic E-state index is 0.0469. The number of piperidine rings is 2. The first kappa shape index (κ1) is 39.2. The normalized spacial score (nSPS) is 17.9. The molecular weight excluding hydrogens is 759 g/mol. The van der Waals surface area contributed by atoms with E-state index in [2.05, 4.69) is 25.5 Å². The molecule has 2 fully saturated rings. The second kappa shape index (κ2) is 15.6. The number of hydrogen-bond donors (Lipinski definition) is 1. The molecule has 2 atom stereocenters. The van der Waals surface area contributed by atoms with Gasteiger partial charge in [-0.3, -0.25) is 39.1 Å². The molecule has 3 aromatic heterocycles. The standard InChI is InChI=1S/C42H45N9O8/c1-23(59-26-7-8-27-29(17-26)42(56)51(41(27)55)34-9-10-38(52)44-39(34)53)33-22-50(46-45-33)25-11-13-49(14-12-25)21-32-35(57-5)15-24(16-36(32)58-6)31-20-48(4)40(54)30-19-43-37(47(2)3)18-28(30)31/h7-8,15-20,22-23,25,34H,9-14,21H2,1-6H3,(H,44,52,53)/t23-,34?/m0/s1. The second-order valence-corrected chi connectivity index (χ2v) is 15.3. The Morgan fingerprint density at radius 2 is 1.59 bits per heavy atom. The van der Waals surface area contributed by atoms with Crippen LogP contribution >= 0.6 is 0 Å². The zero-order valence-corrected chi connectivity index (χ0v) is 33.7. The summed E-state index contributed by atoms with van der Waals surface area (Å²) in [6.07, 6.45) is 6.61. The lowest BCUT2D eigenvalue weighted by Crippen LogP contribution is -2.54. The van der Waals surface area contributed by atoms with Gasteiger partial charge in [0.2, 0.25) is 11.8 Å². The van der Waals surface area contributed by atoms with Crippen molar-refractivity contribution in [3.8, 4) is 28.4 Å². The van der Waals surface area contributed by atoms with E-state index in [4.69, 9.17) is 14.2 Å². The fourth-order valence-corrected chi connectivity index (χ4v) is 8.13. The number of fused-ring (bicyclic) bond motifs is 2. The highest BCUT2D eigenvalue weighted by molar-refractivity contribution is 6.23. The molecule has 17 heteroatoms. The Hall–Kier alpha value is -6.62. The van der Waals surface area contributed by atoms with E-state index in [-0.39, 0.29) is 35.6 Å². The number of pyridine rings is 2. The molecule has 0 radical (unpaired) electrons. The quantitative estimate of drug-likeness (QED) is 0.191. The van der Waals surface area contributed by atoms with E-state index in [1.54, 1.807) is 38.1 Å². The fourth-order valence-electron chi connectivity index (χ4n) is 8.13. The van der Waals surface area contributed by atoms with Crippen molar-refractivity contribution in [3.63, 3.8) is 0 Å². The third-order valence-electron chi connectivity index (χ3n) is 11.4. The maximum absolute atomic E-state index is 13.3. The van der Waals surface area contributed by atoms with Gasteiger partial charge < -0.3 is 23.7 Å². The molecule has 0 bridgehead atoms. The fraction of sp³-hybridized carbons (Fsp3) is 0.381. The molecule has 2 saturated heterocycles. The monoisotopic (exact) mass is 803 g/mol. The lowest BCUT2D eigenvalue weighted by atomic mass is 9.98. The van der Waals surface area contributed by atoms with Gasteiger partial charge in [0, 0.05) is 70.5 Å². The lowest BCUT2D eigenvalue weighted by Gasteiger charge is -2.32. The molecule has 306 valence electrons. The summed E-state index contributed by atoms with van der Waals surface area (Å²) >= 11 is 0. The van der Waals surface area contributed by atoms with E-state index in [0.717, 1.165) is 58.7 Å². The Balaban J connectivity index is 0.925. The van der Waals surface area contributed by atoms with Crippen molar-refractivity contribution in [1.29, 1.82) is 0 Å². The number of carbonyl (C=O) groups excluding carboxylic acids is 4. The summed E-state index contributed by atoms with van der Waals surface area (Å²) < 4.78 is 21.5. The topological polar surface area (TPSA) is 183 Å². The van der Waals surface area contributed by atoms with Crippen molar-refractivity contribution in [2.45, 2.75) is 57.3 Å². The summed E-state index contributed by atoms with van der Waals surface area (Å²) in [5.74, 6) is 0.213. The summed E-state index contributed by atoms with van der Waals surface area (Å²) in [5.41, 5.74) is 3.45. The number of likely N-dealkylation sites (tertiary alicyclic amines) is 1. The third-order valence-corrected chi connectivity index (χ3v) is 11.4. The molecule has 5 aromatic rings. The number of nitrogens with one attached hydrogen (secondary N) is 1. The van der Waals surface area contributed by atoms with Crippen LogP contribution in [0.4, 0.5) is 5.82 Å². The predicted octanol–water partition coefficient (Wildman–Crippen LogP) is 3.65. The van der Waals surface area contributed by atoms with Gasteiger partial charge in [0.05, 0.1) is 48.5 Å². The molecule has 4 amide bonds. The number of rotatable bonds is 11. The van der Waals surface area contributed by atoms with Gasteiger partial charge >= 0.3 is 0 Å². The largest absolute Gasteiger partial charge is 0.496 e. The number of anilines is 1. The molecule has 0 saturated carbocycles. The first-order chi connectivity index (χ1) is 28.3. The van der Waals surface area contributed by atoms with Crippen molar-refractivity contribution in [2.24, 2.45) is 7.05 Å². The molecule has 3 aliphatic heterocycles. The molecule has 17 nitrogen and oxygen atoms in total. The molecule has 1 unspecified atom stereocenters. The van der Waals surface area contributed by atoms with Crippen LogP contribution in [0, 0.1) is 0 Å². The molecule has 8 rings (SSSR count). The van der Waals surface area contributed by atoms with Gasteiger partial charge in [-0.15, -0.1) is 5.10 Å². The van der Waals surface area contributed by atoms with Crippen molar-refractivity contribution in [2.75, 3.05) is 46.3 Å². The third kappa shape index (κ3) is 7.26. The van der Waals surface area contributed by atoms with Crippen molar-refractivity contribution in [3.05, 3.63) is 87.7 Å². The molecule has 0 spiro atoms. The Kier molecular flexibility index (Phi) is 10.4. The highest BCUT2D eigenvalue weighted by Crippen LogP contribution is 2.39. The smallest absolute Gasteiger partial charge is 0.262 e. The van der Waals surface area contributed by atoms with Crippen molar-refractivity contribution >= 4 is 40.2 Å². The van der Waals surface area contributed by atoms with E-state index < -0.39 is 35.8 Å². The number of nitrogens with zero attached hydrogens (tertiary/aromatic N) is 8. The molecule has 6 heterocycles. The number of ether oxygens (including phenoxy) is 3. The van der Waals surface area contributed by atoms with Crippen molar-refractivity contribution < 1.29 is 33.4 Å². The maximum Gasteiger partial charge on any atom is 0.262 e. The Morgan fingerprint density at radius 3 is 2.27 bits per heavy atom. The highest BCUT2D eigenvalue weighted by atomic mass is 16.5. The molecule has 1 N–H and O–H groups in total. The van der Waals surface area contributed by atoms with Crippen LogP contribution < -0.4 is 30.0 Å². The van der Waals surface area contributed by atoms with Gasteiger partial charge in [-0.2, -0.15) is 0 Å². The number of methoxy groups -OCH3 is 2. The van der Waals surface area contributed by atoms with Crippen LogP contribution in [0.2, 0.25) is 0 Å². The molecule has 59 heavy (non-hydrogen) atoms. The van der Waals surface area contributed by atoms with Crippen LogP contribution in [0.1, 0.15) is 76.7 Å². The minimum atomic E-state index is -1.04. The molecule has 0 aliphatic carbocycles. The number of carbonyl (C=O) groups is 4. The maximum atomic E-state index is 13.3. The average molecular weight is 804 g/mol. The zero-order chi connectivity index (χ0) is 41.7. The van der Waals surface area contributed by atoms with E-state index in [0.29, 0.717) is 34.9 Å². The number of aryl methyl sites for hydroxylation is 1. The number of benzene rings is 2. The van der Waals surface area contributed by atoms with Crippen molar-refractivity contribution in [1.82, 2.24) is 39.7 Å². The van der Waals surface area contributed by atoms with Gasteiger partial charge in [-0.25, -0.2) is 9.67 Å². The number of amides is 4. The van der Waals surface area contributed by atoms with Gasteiger partial charge in [0.15, 0.2) is 0 Å². The molecule has 2 aromatic carbocycles. The van der Waals surface area contributed by atoms with Crippen LogP contribution in [0.5, 0.6) is 17.2 Å². The van der Waals surface area contributed by atoms with E-state index in [1.807, 2.05) is 61.2 Å². The predicted molar refractivity (Wildman–Crippen MR) is 216 cm³/mol. The number of aromatic nitrogens is 5. The zero-order valence-electron chi connectivity index (χ0n) is 33.7. The van der Waals surface area contributed by atoms with Crippen LogP contribution in [0.15, 0.2) is 59.8 Å². The first-order valence-corrected chi connectivity index (χ1v) is 19.4. The lowest BCUT2D eigenvalue weighted by molar-refractivity contribution is -0.136. The number of hydrogen-bond acceptors (Lipinski definition) is 13. The SMILES string of the molecule is COc1cc(-c2cn(C)c(=O)c3cnc(N(C)C)cc23)cc(OC)c1CN1CCC(n2cc([C@H](C)Oc3ccc4c(c3)C(=O)N(C3CCC(=O)NC3=O)C4=O)nn2)CC1. The van der Waals surface area contributed by atoms with E-state index in [9.17, 15) is 24.0 Å². The minimum Gasteiger partial charge on any atom is -0.496 e.